The number of fused-ring (bicyclic) bond motifs is 1. The highest BCUT2D eigenvalue weighted by atomic mass is 32.2. The zero-order valence-corrected chi connectivity index (χ0v) is 21.8. The lowest BCUT2D eigenvalue weighted by molar-refractivity contribution is -0.118. The van der Waals surface area contributed by atoms with E-state index in [9.17, 15) is 18.3 Å². The molecule has 1 heterocycles. The van der Waals surface area contributed by atoms with Crippen molar-refractivity contribution in [2.24, 2.45) is 0 Å². The highest BCUT2D eigenvalue weighted by Gasteiger charge is 2.51. The first-order chi connectivity index (χ1) is 17.5. The van der Waals surface area contributed by atoms with Crippen LogP contribution in [0, 0.1) is 6.92 Å². The summed E-state index contributed by atoms with van der Waals surface area (Å²) in [6, 6.07) is 17.9. The predicted molar refractivity (Wildman–Crippen MR) is 147 cm³/mol. The van der Waals surface area contributed by atoms with Crippen molar-refractivity contribution in [1.82, 2.24) is 4.72 Å². The summed E-state index contributed by atoms with van der Waals surface area (Å²) in [5.41, 5.74) is 2.73. The van der Waals surface area contributed by atoms with Gasteiger partial charge in [0.2, 0.25) is 22.7 Å². The van der Waals surface area contributed by atoms with Gasteiger partial charge in [0.15, 0.2) is 11.5 Å². The Kier molecular flexibility index (Phi) is 6.26. The third kappa shape index (κ3) is 4.94. The molecule has 0 bridgehead atoms. The minimum atomic E-state index is -3.79. The van der Waals surface area contributed by atoms with Gasteiger partial charge in [-0.1, -0.05) is 24.3 Å². The van der Waals surface area contributed by atoms with Gasteiger partial charge in [0.05, 0.1) is 22.5 Å². The molecule has 5 rings (SSSR count). The molecule has 37 heavy (non-hydrogen) atoms. The van der Waals surface area contributed by atoms with Crippen LogP contribution in [0.1, 0.15) is 42.1 Å². The summed E-state index contributed by atoms with van der Waals surface area (Å²) in [4.78, 5) is 13.5. The quantitative estimate of drug-likeness (QED) is 0.385. The van der Waals surface area contributed by atoms with Gasteiger partial charge in [0.1, 0.15) is 0 Å². The second-order valence-corrected chi connectivity index (χ2v) is 12.0. The maximum atomic E-state index is 13.3. The number of aliphatic hydroxyl groups excluding tert-OH is 1. The number of hydrogen-bond donors (Lipinski definition) is 3. The van der Waals surface area contributed by atoms with Gasteiger partial charge in [-0.3, -0.25) is 4.79 Å². The maximum Gasteiger partial charge on any atom is 0.241 e. The van der Waals surface area contributed by atoms with Crippen LogP contribution in [-0.2, 0) is 20.2 Å². The van der Waals surface area contributed by atoms with Crippen molar-refractivity contribution < 1.29 is 32.1 Å². The van der Waals surface area contributed by atoms with Crippen LogP contribution in [0.2, 0.25) is 0 Å². The molecule has 2 aliphatic rings. The number of nitrogens with one attached hydrogen (secondary N) is 2. The number of rotatable bonds is 8. The Balaban J connectivity index is 0.00000187. The SMILES string of the molecule is Cc1ccc(NC(=O)C2(c3ccc4c(c3)OCO4)CC2)cc1-c1ccc(S(=O)(=O)NC(C)(C)CO)cc1.[HH].[HH].[HH]. The summed E-state index contributed by atoms with van der Waals surface area (Å²) >= 11 is 0. The first-order valence-corrected chi connectivity index (χ1v) is 13.6. The molecule has 1 fully saturated rings. The van der Waals surface area contributed by atoms with Crippen LogP contribution in [0.3, 0.4) is 0 Å². The smallest absolute Gasteiger partial charge is 0.241 e. The molecule has 1 amide bonds. The van der Waals surface area contributed by atoms with E-state index in [4.69, 9.17) is 9.47 Å². The Labute approximate surface area is 221 Å². The molecule has 200 valence electrons. The van der Waals surface area contributed by atoms with Gasteiger partial charge >= 0.3 is 0 Å². The van der Waals surface area contributed by atoms with Crippen molar-refractivity contribution >= 4 is 21.6 Å². The molecular weight excluding hydrogens is 492 g/mol. The molecule has 1 aliphatic heterocycles. The average molecular weight is 529 g/mol. The van der Waals surface area contributed by atoms with Crippen molar-refractivity contribution in [2.75, 3.05) is 18.7 Å². The van der Waals surface area contributed by atoms with Crippen LogP contribution in [0.25, 0.3) is 11.1 Å². The minimum absolute atomic E-state index is 0. The molecule has 3 aromatic rings. The van der Waals surface area contributed by atoms with E-state index in [1.807, 2.05) is 43.3 Å². The Morgan fingerprint density at radius 3 is 2.41 bits per heavy atom. The van der Waals surface area contributed by atoms with Crippen LogP contribution in [0.15, 0.2) is 65.6 Å². The monoisotopic (exact) mass is 528 g/mol. The third-order valence-corrected chi connectivity index (χ3v) is 8.60. The van der Waals surface area contributed by atoms with Gasteiger partial charge < -0.3 is 19.9 Å². The number of anilines is 1. The van der Waals surface area contributed by atoms with Gasteiger partial charge in [0, 0.05) is 9.97 Å². The molecule has 0 saturated heterocycles. The summed E-state index contributed by atoms with van der Waals surface area (Å²) in [5, 5.41) is 12.5. The second kappa shape index (κ2) is 9.16. The van der Waals surface area contributed by atoms with E-state index >= 15 is 0 Å². The van der Waals surface area contributed by atoms with E-state index in [2.05, 4.69) is 10.0 Å². The van der Waals surface area contributed by atoms with Crippen LogP contribution >= 0.6 is 0 Å². The molecule has 3 N–H and O–H groups in total. The van der Waals surface area contributed by atoms with E-state index in [1.165, 1.54) is 12.1 Å². The van der Waals surface area contributed by atoms with Crippen LogP contribution in [0.4, 0.5) is 5.69 Å². The summed E-state index contributed by atoms with van der Waals surface area (Å²) in [5.74, 6) is 1.28. The fraction of sp³-hybridized carbons (Fsp3) is 0.321. The van der Waals surface area contributed by atoms with Crippen molar-refractivity contribution in [2.45, 2.75) is 49.5 Å². The van der Waals surface area contributed by atoms with E-state index in [-0.39, 0.29) is 28.5 Å². The molecule has 0 aromatic heterocycles. The molecule has 8 nitrogen and oxygen atoms in total. The molecular formula is C28H36N2O6S. The lowest BCUT2D eigenvalue weighted by Gasteiger charge is -2.23. The molecule has 1 saturated carbocycles. The van der Waals surface area contributed by atoms with E-state index in [0.717, 1.165) is 35.1 Å². The Morgan fingerprint density at radius 1 is 1.03 bits per heavy atom. The van der Waals surface area contributed by atoms with Crippen LogP contribution in [-0.4, -0.2) is 38.4 Å². The largest absolute Gasteiger partial charge is 0.454 e. The summed E-state index contributed by atoms with van der Waals surface area (Å²) in [7, 11) is -3.79. The second-order valence-electron chi connectivity index (χ2n) is 10.3. The van der Waals surface area contributed by atoms with Crippen LogP contribution < -0.4 is 19.5 Å². The summed E-state index contributed by atoms with van der Waals surface area (Å²) < 4.78 is 38.8. The summed E-state index contributed by atoms with van der Waals surface area (Å²) in [6.45, 7) is 5.05. The number of aryl methyl sites for hydroxylation is 1. The number of aliphatic hydroxyl groups is 1. The number of sulfonamides is 1. The first kappa shape index (κ1) is 25.3. The minimum Gasteiger partial charge on any atom is -0.454 e. The molecule has 3 aromatic carbocycles. The Hall–Kier alpha value is -3.40. The number of benzene rings is 3. The van der Waals surface area contributed by atoms with Gasteiger partial charge in [-0.15, -0.1) is 0 Å². The predicted octanol–water partition coefficient (Wildman–Crippen LogP) is 4.85. The standard InChI is InChI=1S/C28H30N2O6S.3H2/c1-18-4-8-21(29-26(32)28(12-13-28)20-7-11-24-25(14-20)36-17-35-24)15-23(18)19-5-9-22(10-6-19)37(33,34)30-27(2,3)16-31;;;/h4-11,14-15,30-31H,12-13,16-17H2,1-3H3,(H,29,32);3*1H. The first-order valence-electron chi connectivity index (χ1n) is 12.1. The zero-order valence-electron chi connectivity index (χ0n) is 21.0. The number of amides is 1. The molecule has 0 atom stereocenters. The lowest BCUT2D eigenvalue weighted by atomic mass is 9.94. The molecule has 0 unspecified atom stereocenters. The zero-order chi connectivity index (χ0) is 26.4. The van der Waals surface area contributed by atoms with E-state index in [1.54, 1.807) is 26.0 Å². The maximum absolute atomic E-state index is 13.3. The Morgan fingerprint density at radius 2 is 1.73 bits per heavy atom. The van der Waals surface area contributed by atoms with Crippen molar-refractivity contribution in [3.05, 3.63) is 71.8 Å². The number of carbonyl (C=O) groups is 1. The van der Waals surface area contributed by atoms with Gasteiger partial charge in [0.25, 0.3) is 0 Å². The van der Waals surface area contributed by atoms with Gasteiger partial charge in [-0.2, -0.15) is 0 Å². The normalized spacial score (nSPS) is 15.9. The highest BCUT2D eigenvalue weighted by molar-refractivity contribution is 7.89. The number of carbonyl (C=O) groups excluding carboxylic acids is 1. The van der Waals surface area contributed by atoms with Gasteiger partial charge in [-0.25, -0.2) is 13.1 Å². The van der Waals surface area contributed by atoms with E-state index in [0.29, 0.717) is 17.2 Å². The number of ether oxygens (including phenoxy) is 2. The number of hydrogen-bond acceptors (Lipinski definition) is 6. The summed E-state index contributed by atoms with van der Waals surface area (Å²) in [6.07, 6.45) is 1.52. The Bertz CT molecular complexity index is 1480. The fourth-order valence-corrected chi connectivity index (χ4v) is 5.90. The molecule has 9 heteroatoms. The van der Waals surface area contributed by atoms with Crippen molar-refractivity contribution in [3.8, 4) is 22.6 Å². The lowest BCUT2D eigenvalue weighted by Crippen LogP contribution is -2.46. The van der Waals surface area contributed by atoms with E-state index < -0.39 is 21.0 Å². The molecule has 0 spiro atoms. The molecule has 0 radical (unpaired) electrons. The third-order valence-electron chi connectivity index (χ3n) is 6.89. The van der Waals surface area contributed by atoms with Crippen LogP contribution in [0.5, 0.6) is 11.5 Å². The average Bonchev–Trinajstić information content (AvgIpc) is 3.55. The van der Waals surface area contributed by atoms with Crippen molar-refractivity contribution in [3.63, 3.8) is 0 Å². The van der Waals surface area contributed by atoms with Gasteiger partial charge in [-0.05, 0) is 92.3 Å². The molecule has 1 aliphatic carbocycles. The van der Waals surface area contributed by atoms with Crippen molar-refractivity contribution in [1.29, 1.82) is 0 Å². The topological polar surface area (TPSA) is 114 Å². The fourth-order valence-electron chi connectivity index (χ4n) is 4.50. The highest BCUT2D eigenvalue weighted by Crippen LogP contribution is 2.51.